The number of H-pyrrole nitrogens is 1. The van der Waals surface area contributed by atoms with Crippen molar-refractivity contribution in [1.82, 2.24) is 10.2 Å². The van der Waals surface area contributed by atoms with Gasteiger partial charge in [-0.15, -0.1) is 0 Å². The number of aromatic nitrogens is 2. The number of hydrogen-bond donors (Lipinski definition) is 2. The zero-order valence-electron chi connectivity index (χ0n) is 7.71. The van der Waals surface area contributed by atoms with Crippen molar-refractivity contribution in [2.45, 2.75) is 38.1 Å². The first kappa shape index (κ1) is 7.42. The van der Waals surface area contributed by atoms with Crippen LogP contribution in [-0.4, -0.2) is 16.2 Å². The number of fused-ring (bicyclic) bond motifs is 1. The van der Waals surface area contributed by atoms with Gasteiger partial charge in [-0.1, -0.05) is 12.8 Å². The number of hydrogen-bond acceptors (Lipinski definition) is 2. The molecule has 2 aliphatic rings. The molecular formula is C10H15N3. The summed E-state index contributed by atoms with van der Waals surface area (Å²) in [4.78, 5) is 0. The molecule has 1 fully saturated rings. The van der Waals surface area contributed by atoms with Crippen LogP contribution in [0.1, 0.15) is 31.4 Å². The molecule has 13 heavy (non-hydrogen) atoms. The Kier molecular flexibility index (Phi) is 1.57. The van der Waals surface area contributed by atoms with Crippen molar-refractivity contribution in [3.05, 3.63) is 11.9 Å². The van der Waals surface area contributed by atoms with Gasteiger partial charge in [0.15, 0.2) is 0 Å². The second-order valence-electron chi connectivity index (χ2n) is 4.32. The molecule has 1 aromatic rings. The highest BCUT2D eigenvalue weighted by molar-refractivity contribution is 5.48. The van der Waals surface area contributed by atoms with Crippen LogP contribution in [0.4, 0.5) is 5.69 Å². The Morgan fingerprint density at radius 2 is 2.31 bits per heavy atom. The van der Waals surface area contributed by atoms with Crippen molar-refractivity contribution in [1.29, 1.82) is 0 Å². The van der Waals surface area contributed by atoms with E-state index in [1.807, 2.05) is 6.20 Å². The van der Waals surface area contributed by atoms with Crippen molar-refractivity contribution in [3.63, 3.8) is 0 Å². The van der Waals surface area contributed by atoms with Gasteiger partial charge in [-0.25, -0.2) is 0 Å². The molecule has 2 heterocycles. The average molecular weight is 177 g/mol. The minimum atomic E-state index is 0.706. The van der Waals surface area contributed by atoms with Crippen LogP contribution in [0.5, 0.6) is 0 Å². The minimum absolute atomic E-state index is 0.706. The van der Waals surface area contributed by atoms with Crippen LogP contribution in [0.3, 0.4) is 0 Å². The molecule has 3 rings (SSSR count). The first-order chi connectivity index (χ1) is 6.42. The molecule has 1 unspecified atom stereocenters. The maximum atomic E-state index is 4.05. The van der Waals surface area contributed by atoms with Crippen molar-refractivity contribution >= 4 is 5.69 Å². The van der Waals surface area contributed by atoms with Crippen LogP contribution in [0.15, 0.2) is 6.20 Å². The monoisotopic (exact) mass is 177 g/mol. The van der Waals surface area contributed by atoms with Crippen molar-refractivity contribution in [2.75, 3.05) is 5.32 Å². The van der Waals surface area contributed by atoms with E-state index in [9.17, 15) is 0 Å². The second kappa shape index (κ2) is 2.76. The summed E-state index contributed by atoms with van der Waals surface area (Å²) in [6, 6.07) is 0.706. The van der Waals surface area contributed by atoms with E-state index in [1.54, 1.807) is 0 Å². The Bertz CT molecular complexity index is 301. The van der Waals surface area contributed by atoms with E-state index in [1.165, 1.54) is 43.5 Å². The normalized spacial score (nSPS) is 26.6. The van der Waals surface area contributed by atoms with E-state index in [0.29, 0.717) is 6.04 Å². The Balaban J connectivity index is 1.69. The number of nitrogens with one attached hydrogen (secondary N) is 2. The summed E-state index contributed by atoms with van der Waals surface area (Å²) >= 11 is 0. The molecule has 1 aromatic heterocycles. The molecule has 0 bridgehead atoms. The number of anilines is 1. The SMILES string of the molecule is c1n[nH]c2c1NC(CC1CC1)CC2. The van der Waals surface area contributed by atoms with Crippen LogP contribution < -0.4 is 5.32 Å². The summed E-state index contributed by atoms with van der Waals surface area (Å²) in [6.07, 6.45) is 8.62. The van der Waals surface area contributed by atoms with Gasteiger partial charge in [0.25, 0.3) is 0 Å². The molecule has 1 saturated carbocycles. The highest BCUT2D eigenvalue weighted by Gasteiger charge is 2.27. The van der Waals surface area contributed by atoms with E-state index < -0.39 is 0 Å². The van der Waals surface area contributed by atoms with Gasteiger partial charge in [-0.3, -0.25) is 5.10 Å². The number of nitrogens with zero attached hydrogens (tertiary/aromatic N) is 1. The summed E-state index contributed by atoms with van der Waals surface area (Å²) in [7, 11) is 0. The highest BCUT2D eigenvalue weighted by atomic mass is 15.1. The van der Waals surface area contributed by atoms with E-state index in [4.69, 9.17) is 0 Å². The summed E-state index contributed by atoms with van der Waals surface area (Å²) < 4.78 is 0. The van der Waals surface area contributed by atoms with Gasteiger partial charge in [0.2, 0.25) is 0 Å². The molecule has 1 atom stereocenters. The standard InChI is InChI=1S/C10H15N3/c1-2-7(1)5-8-3-4-9-10(12-8)6-11-13-9/h6-8,12H,1-5H2,(H,11,13). The van der Waals surface area contributed by atoms with E-state index >= 15 is 0 Å². The quantitative estimate of drug-likeness (QED) is 0.724. The lowest BCUT2D eigenvalue weighted by atomic mass is 9.99. The fourth-order valence-electron chi connectivity index (χ4n) is 2.17. The van der Waals surface area contributed by atoms with E-state index in [-0.39, 0.29) is 0 Å². The number of aryl methyl sites for hydroxylation is 1. The number of rotatable bonds is 2. The first-order valence-electron chi connectivity index (χ1n) is 5.20. The van der Waals surface area contributed by atoms with Crippen LogP contribution in [0, 0.1) is 5.92 Å². The van der Waals surface area contributed by atoms with Gasteiger partial charge in [0.05, 0.1) is 17.6 Å². The van der Waals surface area contributed by atoms with Crippen molar-refractivity contribution in [3.8, 4) is 0 Å². The Hall–Kier alpha value is -0.990. The zero-order chi connectivity index (χ0) is 8.67. The van der Waals surface area contributed by atoms with Crippen molar-refractivity contribution in [2.24, 2.45) is 5.92 Å². The van der Waals surface area contributed by atoms with Crippen LogP contribution in [0.25, 0.3) is 0 Å². The molecule has 0 radical (unpaired) electrons. The van der Waals surface area contributed by atoms with Crippen LogP contribution >= 0.6 is 0 Å². The first-order valence-corrected chi connectivity index (χ1v) is 5.20. The van der Waals surface area contributed by atoms with Gasteiger partial charge in [0, 0.05) is 6.04 Å². The van der Waals surface area contributed by atoms with E-state index in [2.05, 4.69) is 15.5 Å². The highest BCUT2D eigenvalue weighted by Crippen LogP contribution is 2.36. The third-order valence-corrected chi connectivity index (χ3v) is 3.14. The van der Waals surface area contributed by atoms with Crippen LogP contribution in [-0.2, 0) is 6.42 Å². The van der Waals surface area contributed by atoms with Gasteiger partial charge >= 0.3 is 0 Å². The Labute approximate surface area is 77.9 Å². The molecule has 70 valence electrons. The lowest BCUT2D eigenvalue weighted by molar-refractivity contribution is 0.547. The third-order valence-electron chi connectivity index (χ3n) is 3.14. The van der Waals surface area contributed by atoms with Gasteiger partial charge < -0.3 is 5.32 Å². The minimum Gasteiger partial charge on any atom is -0.380 e. The molecule has 0 spiro atoms. The smallest absolute Gasteiger partial charge is 0.0758 e. The summed E-state index contributed by atoms with van der Waals surface area (Å²) in [5, 5.41) is 10.6. The third kappa shape index (κ3) is 1.43. The Morgan fingerprint density at radius 1 is 1.38 bits per heavy atom. The summed E-state index contributed by atoms with van der Waals surface area (Å²) in [5.74, 6) is 1.02. The molecule has 2 N–H and O–H groups in total. The molecule has 1 aliphatic carbocycles. The van der Waals surface area contributed by atoms with Crippen molar-refractivity contribution < 1.29 is 0 Å². The Morgan fingerprint density at radius 3 is 3.15 bits per heavy atom. The molecule has 1 aliphatic heterocycles. The summed E-state index contributed by atoms with van der Waals surface area (Å²) in [6.45, 7) is 0. The lowest BCUT2D eigenvalue weighted by Gasteiger charge is -2.23. The predicted octanol–water partition coefficient (Wildman–Crippen LogP) is 1.94. The van der Waals surface area contributed by atoms with Gasteiger partial charge in [-0.05, 0) is 25.2 Å². The van der Waals surface area contributed by atoms with Gasteiger partial charge in [-0.2, -0.15) is 5.10 Å². The largest absolute Gasteiger partial charge is 0.380 e. The number of aromatic amines is 1. The average Bonchev–Trinajstić information content (AvgIpc) is 2.83. The second-order valence-corrected chi connectivity index (χ2v) is 4.32. The van der Waals surface area contributed by atoms with Crippen LogP contribution in [0.2, 0.25) is 0 Å². The predicted molar refractivity (Wildman–Crippen MR) is 51.7 cm³/mol. The summed E-state index contributed by atoms with van der Waals surface area (Å²) in [5.41, 5.74) is 2.52. The zero-order valence-corrected chi connectivity index (χ0v) is 7.71. The van der Waals surface area contributed by atoms with Gasteiger partial charge in [0.1, 0.15) is 0 Å². The maximum absolute atomic E-state index is 4.05. The fourth-order valence-corrected chi connectivity index (χ4v) is 2.17. The molecule has 0 saturated heterocycles. The fraction of sp³-hybridized carbons (Fsp3) is 0.700. The van der Waals surface area contributed by atoms with E-state index in [0.717, 1.165) is 5.92 Å². The molecule has 0 aromatic carbocycles. The molecule has 0 amide bonds. The molecule has 3 nitrogen and oxygen atoms in total. The topological polar surface area (TPSA) is 40.7 Å². The maximum Gasteiger partial charge on any atom is 0.0758 e. The molecular weight excluding hydrogens is 162 g/mol. The lowest BCUT2D eigenvalue weighted by Crippen LogP contribution is -2.25. The molecule has 3 heteroatoms.